The fourth-order valence-corrected chi connectivity index (χ4v) is 4.60. The summed E-state index contributed by atoms with van der Waals surface area (Å²) in [6.45, 7) is 1.87. The van der Waals surface area contributed by atoms with Crippen LogP contribution in [0.5, 0.6) is 0 Å². The number of nitro benzene ring substituents is 1. The fourth-order valence-electron chi connectivity index (χ4n) is 2.88. The van der Waals surface area contributed by atoms with E-state index in [2.05, 4.69) is 0 Å². The molecule has 0 unspecified atom stereocenters. The van der Waals surface area contributed by atoms with Gasteiger partial charge in [0.15, 0.2) is 0 Å². The lowest BCUT2D eigenvalue weighted by Crippen LogP contribution is -2.42. The first kappa shape index (κ1) is 15.5. The van der Waals surface area contributed by atoms with Crippen molar-refractivity contribution in [2.75, 3.05) is 4.31 Å². The predicted octanol–water partition coefficient (Wildman–Crippen LogP) is 3.12. The Labute approximate surface area is 134 Å². The molecule has 0 amide bonds. The van der Waals surface area contributed by atoms with E-state index in [0.29, 0.717) is 5.69 Å². The van der Waals surface area contributed by atoms with E-state index in [-0.39, 0.29) is 16.6 Å². The molecule has 2 aromatic rings. The maximum Gasteiger partial charge on any atom is 0.269 e. The predicted molar refractivity (Wildman–Crippen MR) is 87.0 cm³/mol. The average molecular weight is 332 g/mol. The highest BCUT2D eigenvalue weighted by molar-refractivity contribution is 7.92. The number of aryl methyl sites for hydroxylation is 1. The second-order valence-corrected chi connectivity index (χ2v) is 7.38. The minimum absolute atomic E-state index is 0.0617. The molecule has 0 radical (unpaired) electrons. The summed E-state index contributed by atoms with van der Waals surface area (Å²) >= 11 is 0. The van der Waals surface area contributed by atoms with Gasteiger partial charge in [0.2, 0.25) is 0 Å². The molecule has 1 heterocycles. The van der Waals surface area contributed by atoms with Crippen molar-refractivity contribution in [3.63, 3.8) is 0 Å². The van der Waals surface area contributed by atoms with Gasteiger partial charge in [-0.25, -0.2) is 8.42 Å². The Morgan fingerprint density at radius 2 is 1.78 bits per heavy atom. The third kappa shape index (κ3) is 2.68. The SMILES string of the molecule is C[C@@H]1CCc2ccccc2N1S(=O)(=O)c1ccc([N+](=O)[O-])cc1. The summed E-state index contributed by atoms with van der Waals surface area (Å²) in [5.41, 5.74) is 1.55. The van der Waals surface area contributed by atoms with E-state index in [1.54, 1.807) is 6.07 Å². The summed E-state index contributed by atoms with van der Waals surface area (Å²) in [7, 11) is -3.76. The summed E-state index contributed by atoms with van der Waals surface area (Å²) in [5.74, 6) is 0. The molecular weight excluding hydrogens is 316 g/mol. The van der Waals surface area contributed by atoms with Gasteiger partial charge in [-0.1, -0.05) is 18.2 Å². The van der Waals surface area contributed by atoms with Gasteiger partial charge in [0.05, 0.1) is 15.5 Å². The van der Waals surface area contributed by atoms with Crippen molar-refractivity contribution < 1.29 is 13.3 Å². The largest absolute Gasteiger partial charge is 0.269 e. The van der Waals surface area contributed by atoms with Crippen LogP contribution in [-0.2, 0) is 16.4 Å². The number of anilines is 1. The molecule has 7 heteroatoms. The molecule has 0 spiro atoms. The van der Waals surface area contributed by atoms with Crippen molar-refractivity contribution in [2.24, 2.45) is 0 Å². The Bertz CT molecular complexity index is 847. The number of hydrogen-bond donors (Lipinski definition) is 0. The Morgan fingerprint density at radius 3 is 2.43 bits per heavy atom. The van der Waals surface area contributed by atoms with Gasteiger partial charge in [-0.15, -0.1) is 0 Å². The highest BCUT2D eigenvalue weighted by Crippen LogP contribution is 2.35. The number of sulfonamides is 1. The number of nitro groups is 1. The van der Waals surface area contributed by atoms with Gasteiger partial charge in [0.25, 0.3) is 15.7 Å². The van der Waals surface area contributed by atoms with Crippen molar-refractivity contribution in [3.05, 3.63) is 64.2 Å². The van der Waals surface area contributed by atoms with E-state index in [4.69, 9.17) is 0 Å². The minimum Gasteiger partial charge on any atom is -0.263 e. The second-order valence-electron chi connectivity index (χ2n) is 5.57. The van der Waals surface area contributed by atoms with Gasteiger partial charge in [-0.2, -0.15) is 0 Å². The van der Waals surface area contributed by atoms with Crippen LogP contribution in [0.3, 0.4) is 0 Å². The third-order valence-corrected chi connectivity index (χ3v) is 6.01. The van der Waals surface area contributed by atoms with E-state index in [1.807, 2.05) is 25.1 Å². The normalized spacial score (nSPS) is 17.6. The zero-order valence-electron chi connectivity index (χ0n) is 12.5. The Kier molecular flexibility index (Phi) is 3.81. The highest BCUT2D eigenvalue weighted by Gasteiger charge is 2.33. The van der Waals surface area contributed by atoms with E-state index in [1.165, 1.54) is 28.6 Å². The van der Waals surface area contributed by atoms with E-state index in [0.717, 1.165) is 18.4 Å². The molecule has 1 aliphatic rings. The molecule has 23 heavy (non-hydrogen) atoms. The third-order valence-electron chi connectivity index (χ3n) is 4.07. The number of nitrogens with zero attached hydrogens (tertiary/aromatic N) is 2. The number of non-ortho nitro benzene ring substituents is 1. The van der Waals surface area contributed by atoms with Crippen LogP contribution in [0, 0.1) is 10.1 Å². The summed E-state index contributed by atoms with van der Waals surface area (Å²) < 4.78 is 27.4. The Morgan fingerprint density at radius 1 is 1.13 bits per heavy atom. The molecule has 2 aromatic carbocycles. The molecule has 120 valence electrons. The Balaban J connectivity index is 2.07. The molecule has 0 fully saturated rings. The number of rotatable bonds is 3. The van der Waals surface area contributed by atoms with Crippen molar-refractivity contribution in [2.45, 2.75) is 30.7 Å². The van der Waals surface area contributed by atoms with Crippen LogP contribution in [0.4, 0.5) is 11.4 Å². The van der Waals surface area contributed by atoms with Gasteiger partial charge < -0.3 is 0 Å². The molecule has 3 rings (SSSR count). The first-order valence-electron chi connectivity index (χ1n) is 7.28. The van der Waals surface area contributed by atoms with Crippen molar-refractivity contribution >= 4 is 21.4 Å². The molecule has 0 N–H and O–H groups in total. The van der Waals surface area contributed by atoms with Crippen LogP contribution in [-0.4, -0.2) is 19.4 Å². The molecule has 0 aliphatic carbocycles. The first-order chi connectivity index (χ1) is 10.9. The first-order valence-corrected chi connectivity index (χ1v) is 8.72. The van der Waals surface area contributed by atoms with Crippen LogP contribution in [0.15, 0.2) is 53.4 Å². The van der Waals surface area contributed by atoms with Gasteiger partial charge in [-0.3, -0.25) is 14.4 Å². The minimum atomic E-state index is -3.76. The van der Waals surface area contributed by atoms with Crippen LogP contribution >= 0.6 is 0 Å². The van der Waals surface area contributed by atoms with Crippen molar-refractivity contribution in [1.82, 2.24) is 0 Å². The second kappa shape index (κ2) is 5.66. The molecule has 0 saturated heterocycles. The number of para-hydroxylation sites is 1. The summed E-state index contributed by atoms with van der Waals surface area (Å²) in [6.07, 6.45) is 1.58. The maximum atomic E-state index is 13.0. The Hall–Kier alpha value is -2.41. The topological polar surface area (TPSA) is 80.5 Å². The van der Waals surface area contributed by atoms with E-state index >= 15 is 0 Å². The summed E-state index contributed by atoms with van der Waals surface area (Å²) in [4.78, 5) is 10.2. The molecule has 6 nitrogen and oxygen atoms in total. The lowest BCUT2D eigenvalue weighted by molar-refractivity contribution is -0.384. The maximum absolute atomic E-state index is 13.0. The molecular formula is C16H16N2O4S. The van der Waals surface area contributed by atoms with Gasteiger partial charge >= 0.3 is 0 Å². The van der Waals surface area contributed by atoms with Gasteiger partial charge in [-0.05, 0) is 43.5 Å². The van der Waals surface area contributed by atoms with Crippen molar-refractivity contribution in [3.8, 4) is 0 Å². The smallest absolute Gasteiger partial charge is 0.263 e. The quantitative estimate of drug-likeness (QED) is 0.639. The van der Waals surface area contributed by atoms with E-state index < -0.39 is 14.9 Å². The molecule has 0 bridgehead atoms. The average Bonchev–Trinajstić information content (AvgIpc) is 2.54. The number of fused-ring (bicyclic) bond motifs is 1. The molecule has 1 atom stereocenters. The standard InChI is InChI=1S/C16H16N2O4S/c1-12-6-7-13-4-2-3-5-16(13)17(12)23(21,22)15-10-8-14(9-11-15)18(19)20/h2-5,8-12H,6-7H2,1H3/t12-/m1/s1. The van der Waals surface area contributed by atoms with Crippen LogP contribution < -0.4 is 4.31 Å². The lowest BCUT2D eigenvalue weighted by atomic mass is 9.99. The van der Waals surface area contributed by atoms with Crippen LogP contribution in [0.1, 0.15) is 18.9 Å². The summed E-state index contributed by atoms with van der Waals surface area (Å²) in [6, 6.07) is 12.3. The van der Waals surface area contributed by atoms with Crippen molar-refractivity contribution in [1.29, 1.82) is 0 Å². The zero-order valence-corrected chi connectivity index (χ0v) is 13.4. The summed E-state index contributed by atoms with van der Waals surface area (Å²) in [5, 5.41) is 10.7. The number of hydrogen-bond acceptors (Lipinski definition) is 4. The molecule has 1 aliphatic heterocycles. The van der Waals surface area contributed by atoms with Crippen LogP contribution in [0.2, 0.25) is 0 Å². The monoisotopic (exact) mass is 332 g/mol. The molecule has 0 aromatic heterocycles. The zero-order chi connectivity index (χ0) is 16.6. The fraction of sp³-hybridized carbons (Fsp3) is 0.250. The van der Waals surface area contributed by atoms with Gasteiger partial charge in [0.1, 0.15) is 0 Å². The van der Waals surface area contributed by atoms with Crippen LogP contribution in [0.25, 0.3) is 0 Å². The van der Waals surface area contributed by atoms with Gasteiger partial charge in [0, 0.05) is 18.2 Å². The highest BCUT2D eigenvalue weighted by atomic mass is 32.2. The lowest BCUT2D eigenvalue weighted by Gasteiger charge is -2.35. The number of benzene rings is 2. The van der Waals surface area contributed by atoms with E-state index in [9.17, 15) is 18.5 Å². The molecule has 0 saturated carbocycles.